The number of aryl methyl sites for hydroxylation is 1. The SMILES string of the molecule is COc1ccc(/C2=C/C=C\CCc3cc(C(=O)N4C[C@@H](C)CC(CC(=O)c5ccccc5)[C@@H](C)C4)nn32)cc1OC. The fourth-order valence-electron chi connectivity index (χ4n) is 6.05. The maximum atomic E-state index is 13.9. The number of allylic oxidation sites excluding steroid dienone is 3. The Morgan fingerprint density at radius 3 is 2.51 bits per heavy atom. The van der Waals surface area contributed by atoms with E-state index in [0.29, 0.717) is 36.7 Å². The summed E-state index contributed by atoms with van der Waals surface area (Å²) in [4.78, 5) is 28.9. The number of methoxy groups -OCH3 is 2. The Hall–Kier alpha value is -4.13. The minimum Gasteiger partial charge on any atom is -0.493 e. The van der Waals surface area contributed by atoms with Gasteiger partial charge in [0.1, 0.15) is 0 Å². The van der Waals surface area contributed by atoms with Gasteiger partial charge in [-0.15, -0.1) is 0 Å². The van der Waals surface area contributed by atoms with Crippen molar-refractivity contribution in [2.45, 2.75) is 39.5 Å². The van der Waals surface area contributed by atoms with Crippen molar-refractivity contribution in [1.29, 1.82) is 0 Å². The monoisotopic (exact) mass is 553 g/mol. The Morgan fingerprint density at radius 1 is 0.976 bits per heavy atom. The third kappa shape index (κ3) is 6.29. The van der Waals surface area contributed by atoms with E-state index in [0.717, 1.165) is 41.8 Å². The zero-order valence-corrected chi connectivity index (χ0v) is 24.4. The molecule has 0 spiro atoms. The summed E-state index contributed by atoms with van der Waals surface area (Å²) in [6, 6.07) is 17.2. The summed E-state index contributed by atoms with van der Waals surface area (Å²) in [5.74, 6) is 2.12. The molecule has 1 fully saturated rings. The van der Waals surface area contributed by atoms with Gasteiger partial charge in [-0.3, -0.25) is 9.59 Å². The van der Waals surface area contributed by atoms with Gasteiger partial charge in [0.15, 0.2) is 23.0 Å². The molecular weight excluding hydrogens is 514 g/mol. The fourth-order valence-corrected chi connectivity index (χ4v) is 6.05. The van der Waals surface area contributed by atoms with Crippen molar-refractivity contribution in [3.05, 3.63) is 95.3 Å². The number of Topliss-reactive ketones (excluding diaryl/α,β-unsaturated/α-hetero) is 1. The first-order chi connectivity index (χ1) is 19.9. The number of hydrogen-bond donors (Lipinski definition) is 0. The summed E-state index contributed by atoms with van der Waals surface area (Å²) in [7, 11) is 3.24. The number of fused-ring (bicyclic) bond motifs is 1. The summed E-state index contributed by atoms with van der Waals surface area (Å²) < 4.78 is 12.9. The molecule has 1 saturated heterocycles. The van der Waals surface area contributed by atoms with Crippen molar-refractivity contribution in [3.8, 4) is 11.5 Å². The van der Waals surface area contributed by atoms with E-state index in [9.17, 15) is 9.59 Å². The molecule has 1 aromatic heterocycles. The van der Waals surface area contributed by atoms with E-state index < -0.39 is 0 Å². The number of aromatic nitrogens is 2. The first kappa shape index (κ1) is 28.4. The first-order valence-corrected chi connectivity index (χ1v) is 14.4. The van der Waals surface area contributed by atoms with E-state index in [1.54, 1.807) is 14.2 Å². The van der Waals surface area contributed by atoms with Crippen LogP contribution < -0.4 is 9.47 Å². The van der Waals surface area contributed by atoms with E-state index in [2.05, 4.69) is 19.9 Å². The van der Waals surface area contributed by atoms with Crippen LogP contribution in [0.1, 0.15) is 65.2 Å². The highest BCUT2D eigenvalue weighted by atomic mass is 16.5. The number of carbonyl (C=O) groups is 2. The van der Waals surface area contributed by atoms with E-state index in [-0.39, 0.29) is 29.4 Å². The second kappa shape index (κ2) is 12.6. The highest BCUT2D eigenvalue weighted by Gasteiger charge is 2.33. The van der Waals surface area contributed by atoms with Gasteiger partial charge in [0.25, 0.3) is 5.91 Å². The largest absolute Gasteiger partial charge is 0.493 e. The van der Waals surface area contributed by atoms with E-state index in [1.807, 2.05) is 76.3 Å². The van der Waals surface area contributed by atoms with E-state index >= 15 is 0 Å². The molecule has 0 bridgehead atoms. The number of likely N-dealkylation sites (tertiary alicyclic amines) is 1. The molecule has 3 atom stereocenters. The average Bonchev–Trinajstić information content (AvgIpc) is 3.32. The van der Waals surface area contributed by atoms with E-state index in [4.69, 9.17) is 14.6 Å². The molecule has 2 aliphatic rings. The van der Waals surface area contributed by atoms with Gasteiger partial charge in [0, 0.05) is 36.3 Å². The maximum absolute atomic E-state index is 13.9. The molecule has 7 nitrogen and oxygen atoms in total. The molecule has 3 aromatic rings. The Morgan fingerprint density at radius 2 is 1.76 bits per heavy atom. The molecule has 7 heteroatoms. The predicted molar refractivity (Wildman–Crippen MR) is 160 cm³/mol. The number of ether oxygens (including phenoxy) is 2. The lowest BCUT2D eigenvalue weighted by Gasteiger charge is -2.25. The Balaban J connectivity index is 1.38. The number of benzene rings is 2. The van der Waals surface area contributed by atoms with Crippen LogP contribution in [0.2, 0.25) is 0 Å². The van der Waals surface area contributed by atoms with E-state index in [1.165, 1.54) is 0 Å². The highest BCUT2D eigenvalue weighted by molar-refractivity contribution is 5.96. The quantitative estimate of drug-likeness (QED) is 0.321. The number of amides is 1. The number of rotatable bonds is 7. The Kier molecular flexibility index (Phi) is 8.72. The minimum atomic E-state index is -0.0578. The molecule has 2 aliphatic heterocycles. The van der Waals surface area contributed by atoms with Crippen molar-refractivity contribution in [2.24, 2.45) is 17.8 Å². The van der Waals surface area contributed by atoms with Gasteiger partial charge < -0.3 is 14.4 Å². The highest BCUT2D eigenvalue weighted by Crippen LogP contribution is 2.33. The van der Waals surface area contributed by atoms with Crippen LogP contribution in [0, 0.1) is 17.8 Å². The lowest BCUT2D eigenvalue weighted by molar-refractivity contribution is 0.0717. The van der Waals surface area contributed by atoms with Crippen LogP contribution in [0.4, 0.5) is 0 Å². The maximum Gasteiger partial charge on any atom is 0.274 e. The Bertz CT molecular complexity index is 1460. The molecule has 0 saturated carbocycles. The molecule has 3 heterocycles. The fraction of sp³-hybridized carbons (Fsp3) is 0.382. The number of nitrogens with zero attached hydrogens (tertiary/aromatic N) is 3. The zero-order chi connectivity index (χ0) is 28.9. The van der Waals surface area contributed by atoms with Crippen LogP contribution >= 0.6 is 0 Å². The summed E-state index contributed by atoms with van der Waals surface area (Å²) in [5.41, 5.74) is 3.98. The third-order valence-corrected chi connectivity index (χ3v) is 8.25. The summed E-state index contributed by atoms with van der Waals surface area (Å²) in [5, 5.41) is 4.87. The third-order valence-electron chi connectivity index (χ3n) is 8.25. The molecule has 0 N–H and O–H groups in total. The van der Waals surface area contributed by atoms with Gasteiger partial charge in [-0.2, -0.15) is 5.10 Å². The van der Waals surface area contributed by atoms with Gasteiger partial charge in [-0.05, 0) is 67.4 Å². The van der Waals surface area contributed by atoms with Crippen LogP contribution in [0.5, 0.6) is 11.5 Å². The lowest BCUT2D eigenvalue weighted by atomic mass is 9.83. The second-order valence-corrected chi connectivity index (χ2v) is 11.3. The normalized spacial score (nSPS) is 22.8. The van der Waals surface area contributed by atoms with Gasteiger partial charge in [-0.25, -0.2) is 4.68 Å². The average molecular weight is 554 g/mol. The zero-order valence-electron chi connectivity index (χ0n) is 24.4. The molecule has 1 unspecified atom stereocenters. The van der Waals surface area contributed by atoms with Crippen molar-refractivity contribution in [1.82, 2.24) is 14.7 Å². The lowest BCUT2D eigenvalue weighted by Crippen LogP contribution is -2.36. The molecule has 2 aromatic carbocycles. The molecule has 0 radical (unpaired) electrons. The van der Waals surface area contributed by atoms with Crippen molar-refractivity contribution < 1.29 is 19.1 Å². The molecule has 1 amide bonds. The minimum absolute atomic E-state index is 0.0578. The number of ketones is 1. The first-order valence-electron chi connectivity index (χ1n) is 14.4. The topological polar surface area (TPSA) is 73.7 Å². The summed E-state index contributed by atoms with van der Waals surface area (Å²) in [6.07, 6.45) is 9.25. The number of hydrogen-bond acceptors (Lipinski definition) is 5. The van der Waals surface area contributed by atoms with Crippen LogP contribution in [0.3, 0.4) is 0 Å². The Labute approximate surface area is 242 Å². The van der Waals surface area contributed by atoms with Crippen LogP contribution in [0.15, 0.2) is 72.8 Å². The second-order valence-electron chi connectivity index (χ2n) is 11.3. The van der Waals surface area contributed by atoms with Crippen molar-refractivity contribution >= 4 is 17.4 Å². The standard InChI is InChI=1S/C34H39N3O4/c1-23-17-27(18-31(38)25-11-7-5-8-12-25)24(2)22-36(21-23)34(39)29-20-28-13-9-6-10-14-30(37(28)35-29)26-15-16-32(40-3)33(19-26)41-4/h5-8,10-12,14-16,19-20,23-24,27H,9,13,17-18,21-22H2,1-4H3/b10-6-,30-14-/t23-,24-,27?/m0/s1. The smallest absolute Gasteiger partial charge is 0.274 e. The van der Waals surface area contributed by atoms with Crippen LogP contribution in [-0.4, -0.2) is 53.7 Å². The summed E-state index contributed by atoms with van der Waals surface area (Å²) in [6.45, 7) is 5.60. The number of carbonyl (C=O) groups excluding carboxylic acids is 2. The van der Waals surface area contributed by atoms with Crippen molar-refractivity contribution in [2.75, 3.05) is 27.3 Å². The van der Waals surface area contributed by atoms with Gasteiger partial charge in [-0.1, -0.05) is 56.3 Å². The van der Waals surface area contributed by atoms with Crippen LogP contribution in [-0.2, 0) is 6.42 Å². The molecule has 214 valence electrons. The van der Waals surface area contributed by atoms with Crippen LogP contribution in [0.25, 0.3) is 5.70 Å². The van der Waals surface area contributed by atoms with Gasteiger partial charge >= 0.3 is 0 Å². The molecule has 5 rings (SSSR count). The van der Waals surface area contributed by atoms with Gasteiger partial charge in [0.2, 0.25) is 0 Å². The molecule has 0 aliphatic carbocycles. The van der Waals surface area contributed by atoms with Crippen molar-refractivity contribution in [3.63, 3.8) is 0 Å². The molecular formula is C34H39N3O4. The van der Waals surface area contributed by atoms with Gasteiger partial charge in [0.05, 0.1) is 19.9 Å². The molecule has 41 heavy (non-hydrogen) atoms. The summed E-state index contributed by atoms with van der Waals surface area (Å²) >= 11 is 0. The predicted octanol–water partition coefficient (Wildman–Crippen LogP) is 6.30.